The molecule has 2 heterocycles. The molecule has 2 aromatic rings. The van der Waals surface area contributed by atoms with E-state index in [9.17, 15) is 4.79 Å². The van der Waals surface area contributed by atoms with Crippen LogP contribution >= 0.6 is 0 Å². The molecule has 0 bridgehead atoms. The van der Waals surface area contributed by atoms with Gasteiger partial charge < -0.3 is 9.84 Å². The van der Waals surface area contributed by atoms with E-state index in [-0.39, 0.29) is 12.0 Å². The number of aromatic nitrogens is 4. The summed E-state index contributed by atoms with van der Waals surface area (Å²) in [6.45, 7) is 0. The van der Waals surface area contributed by atoms with Crippen molar-refractivity contribution in [2.24, 2.45) is 0 Å². The quantitative estimate of drug-likeness (QED) is 0.833. The maximum absolute atomic E-state index is 10.4. The zero-order chi connectivity index (χ0) is 13.0. The molecule has 0 saturated carbocycles. The summed E-state index contributed by atoms with van der Waals surface area (Å²) >= 11 is 0. The van der Waals surface area contributed by atoms with E-state index in [1.165, 1.54) is 19.5 Å². The molecule has 8 nitrogen and oxygen atoms in total. The molecule has 0 aliphatic heterocycles. The Labute approximate surface area is 102 Å². The molecule has 0 spiro atoms. The van der Waals surface area contributed by atoms with Crippen LogP contribution in [0.15, 0.2) is 24.8 Å². The van der Waals surface area contributed by atoms with E-state index in [1.54, 1.807) is 12.4 Å². The Morgan fingerprint density at radius 1 is 1.11 bits per heavy atom. The number of nitrogens with one attached hydrogen (secondary N) is 1. The molecule has 8 heteroatoms. The largest absolute Gasteiger partial charge is 0.467 e. The van der Waals surface area contributed by atoms with Crippen molar-refractivity contribution >= 4 is 12.0 Å². The second-order valence-corrected chi connectivity index (χ2v) is 3.18. The second kappa shape index (κ2) is 5.04. The van der Waals surface area contributed by atoms with E-state index in [1.807, 2.05) is 5.32 Å². The van der Waals surface area contributed by atoms with Crippen molar-refractivity contribution < 1.29 is 14.6 Å². The van der Waals surface area contributed by atoms with Crippen LogP contribution in [0.25, 0.3) is 11.1 Å². The van der Waals surface area contributed by atoms with Gasteiger partial charge in [0.25, 0.3) is 0 Å². The van der Waals surface area contributed by atoms with Crippen LogP contribution in [0.5, 0.6) is 6.01 Å². The van der Waals surface area contributed by atoms with Gasteiger partial charge in [-0.2, -0.15) is 0 Å². The minimum absolute atomic E-state index is 0.0145. The number of nitrogens with zero attached hydrogens (tertiary/aromatic N) is 4. The molecular weight excluding hydrogens is 238 g/mol. The average Bonchev–Trinajstić information content (AvgIpc) is 2.39. The van der Waals surface area contributed by atoms with Gasteiger partial charge in [-0.15, -0.1) is 0 Å². The highest BCUT2D eigenvalue weighted by atomic mass is 16.5. The maximum atomic E-state index is 10.4. The summed E-state index contributed by atoms with van der Waals surface area (Å²) in [5.74, 6) is 0.0145. The Morgan fingerprint density at radius 2 is 1.61 bits per heavy atom. The highest BCUT2D eigenvalue weighted by Crippen LogP contribution is 2.17. The molecule has 2 aromatic heterocycles. The number of carboxylic acid groups (broad SMARTS) is 1. The molecular formula is C10H9N5O3. The smallest absolute Gasteiger partial charge is 0.411 e. The number of ether oxygens (including phenoxy) is 1. The van der Waals surface area contributed by atoms with Gasteiger partial charge in [-0.25, -0.2) is 24.7 Å². The highest BCUT2D eigenvalue weighted by Gasteiger charge is 2.04. The van der Waals surface area contributed by atoms with Crippen molar-refractivity contribution in [3.05, 3.63) is 24.8 Å². The Balaban J connectivity index is 2.20. The molecule has 0 atom stereocenters. The van der Waals surface area contributed by atoms with Crippen molar-refractivity contribution in [2.45, 2.75) is 0 Å². The predicted molar refractivity (Wildman–Crippen MR) is 61.3 cm³/mol. The van der Waals surface area contributed by atoms with Crippen LogP contribution in [-0.2, 0) is 0 Å². The van der Waals surface area contributed by atoms with Crippen LogP contribution < -0.4 is 10.1 Å². The average molecular weight is 247 g/mol. The highest BCUT2D eigenvalue weighted by molar-refractivity contribution is 5.80. The first-order chi connectivity index (χ1) is 8.69. The number of amides is 1. The number of anilines is 1. The SMILES string of the molecule is COc1ncc(-c2cnc(NC(=O)O)nc2)cn1. The lowest BCUT2D eigenvalue weighted by atomic mass is 10.2. The normalized spacial score (nSPS) is 9.83. The molecule has 0 radical (unpaired) electrons. The van der Waals surface area contributed by atoms with E-state index >= 15 is 0 Å². The lowest BCUT2D eigenvalue weighted by Gasteiger charge is -2.02. The standard InChI is InChI=1S/C10H9N5O3/c1-18-9-13-4-7(5-14-9)6-2-11-8(12-3-6)15-10(16)17/h2-5H,1H3,(H,16,17)(H,11,12,15). The van der Waals surface area contributed by atoms with Gasteiger partial charge in [0.15, 0.2) is 0 Å². The number of methoxy groups -OCH3 is 1. The zero-order valence-corrected chi connectivity index (χ0v) is 9.36. The summed E-state index contributed by atoms with van der Waals surface area (Å²) in [4.78, 5) is 26.0. The second-order valence-electron chi connectivity index (χ2n) is 3.18. The van der Waals surface area contributed by atoms with Crippen molar-refractivity contribution in [1.82, 2.24) is 19.9 Å². The lowest BCUT2D eigenvalue weighted by molar-refractivity contribution is 0.209. The monoisotopic (exact) mass is 247 g/mol. The third-order valence-corrected chi connectivity index (χ3v) is 2.01. The van der Waals surface area contributed by atoms with E-state index in [4.69, 9.17) is 9.84 Å². The summed E-state index contributed by atoms with van der Waals surface area (Å²) in [6.07, 6.45) is 4.87. The molecule has 0 unspecified atom stereocenters. The first-order valence-corrected chi connectivity index (χ1v) is 4.87. The zero-order valence-electron chi connectivity index (χ0n) is 9.36. The molecule has 92 valence electrons. The summed E-state index contributed by atoms with van der Waals surface area (Å²) in [7, 11) is 1.48. The van der Waals surface area contributed by atoms with Gasteiger partial charge in [-0.05, 0) is 0 Å². The van der Waals surface area contributed by atoms with Crippen LogP contribution in [0.2, 0.25) is 0 Å². The minimum atomic E-state index is -1.21. The Hall–Kier alpha value is -2.77. The Bertz CT molecular complexity index is 540. The van der Waals surface area contributed by atoms with Gasteiger partial charge in [0.05, 0.1) is 7.11 Å². The first kappa shape index (κ1) is 11.7. The summed E-state index contributed by atoms with van der Waals surface area (Å²) in [6, 6.07) is 0.267. The van der Waals surface area contributed by atoms with Crippen LogP contribution in [0.3, 0.4) is 0 Å². The summed E-state index contributed by atoms with van der Waals surface area (Å²) in [5, 5.41) is 10.5. The molecule has 0 aliphatic rings. The fraction of sp³-hybridized carbons (Fsp3) is 0.100. The molecule has 0 aliphatic carbocycles. The van der Waals surface area contributed by atoms with Crippen LogP contribution in [0, 0.1) is 0 Å². The van der Waals surface area contributed by atoms with Gasteiger partial charge in [-0.3, -0.25) is 5.32 Å². The van der Waals surface area contributed by atoms with Gasteiger partial charge in [0.2, 0.25) is 5.95 Å². The molecule has 0 aromatic carbocycles. The molecule has 1 amide bonds. The third-order valence-electron chi connectivity index (χ3n) is 2.01. The van der Waals surface area contributed by atoms with Gasteiger partial charge in [-0.1, -0.05) is 0 Å². The molecule has 0 fully saturated rings. The summed E-state index contributed by atoms with van der Waals surface area (Å²) < 4.78 is 4.84. The van der Waals surface area contributed by atoms with Gasteiger partial charge in [0.1, 0.15) is 0 Å². The van der Waals surface area contributed by atoms with E-state index < -0.39 is 6.09 Å². The van der Waals surface area contributed by atoms with E-state index in [2.05, 4.69) is 19.9 Å². The molecule has 18 heavy (non-hydrogen) atoms. The van der Waals surface area contributed by atoms with Crippen LogP contribution in [0.4, 0.5) is 10.7 Å². The van der Waals surface area contributed by atoms with E-state index in [0.717, 1.165) is 0 Å². The lowest BCUT2D eigenvalue weighted by Crippen LogP contribution is -2.10. The van der Waals surface area contributed by atoms with Gasteiger partial charge >= 0.3 is 12.1 Å². The molecule has 0 saturated heterocycles. The fourth-order valence-electron chi connectivity index (χ4n) is 1.21. The topological polar surface area (TPSA) is 110 Å². The molecule has 2 rings (SSSR count). The van der Waals surface area contributed by atoms with Crippen molar-refractivity contribution in [3.8, 4) is 17.1 Å². The number of hydrogen-bond acceptors (Lipinski definition) is 6. The number of carbonyl (C=O) groups is 1. The first-order valence-electron chi connectivity index (χ1n) is 4.87. The number of hydrogen-bond donors (Lipinski definition) is 2. The van der Waals surface area contributed by atoms with Crippen molar-refractivity contribution in [3.63, 3.8) is 0 Å². The van der Waals surface area contributed by atoms with Crippen molar-refractivity contribution in [1.29, 1.82) is 0 Å². The Kier molecular flexibility index (Phi) is 3.28. The predicted octanol–water partition coefficient (Wildman–Crippen LogP) is 1.03. The van der Waals surface area contributed by atoms with Gasteiger partial charge in [0, 0.05) is 35.9 Å². The van der Waals surface area contributed by atoms with Crippen LogP contribution in [0.1, 0.15) is 0 Å². The third kappa shape index (κ3) is 2.67. The van der Waals surface area contributed by atoms with E-state index in [0.29, 0.717) is 11.1 Å². The maximum Gasteiger partial charge on any atom is 0.411 e. The Morgan fingerprint density at radius 3 is 2.06 bits per heavy atom. The fourth-order valence-corrected chi connectivity index (χ4v) is 1.21. The summed E-state index contributed by atoms with van der Waals surface area (Å²) in [5.41, 5.74) is 1.38. The number of rotatable bonds is 3. The van der Waals surface area contributed by atoms with Crippen molar-refractivity contribution in [2.75, 3.05) is 12.4 Å². The molecule has 2 N–H and O–H groups in total. The van der Waals surface area contributed by atoms with Crippen LogP contribution in [-0.4, -0.2) is 38.2 Å². The minimum Gasteiger partial charge on any atom is -0.467 e.